The Kier molecular flexibility index (Phi) is 7.64. The molecule has 2 aliphatic rings. The van der Waals surface area contributed by atoms with Crippen molar-refractivity contribution in [3.8, 4) is 23.0 Å². The van der Waals surface area contributed by atoms with Crippen LogP contribution in [0.15, 0.2) is 30.9 Å². The van der Waals surface area contributed by atoms with Crippen LogP contribution in [0, 0.1) is 11.8 Å². The molecular weight excluding hydrogens is 538 g/mol. The highest BCUT2D eigenvalue weighted by Gasteiger charge is 2.45. The van der Waals surface area contributed by atoms with Gasteiger partial charge in [-0.15, -0.1) is 10.2 Å². The number of aromatic nitrogens is 7. The predicted molar refractivity (Wildman–Crippen MR) is 152 cm³/mol. The molecule has 2 aliphatic heterocycles. The van der Waals surface area contributed by atoms with E-state index in [-0.39, 0.29) is 41.3 Å². The van der Waals surface area contributed by atoms with Gasteiger partial charge in [0.25, 0.3) is 5.91 Å². The third kappa shape index (κ3) is 5.10. The van der Waals surface area contributed by atoms with Crippen molar-refractivity contribution in [2.75, 3.05) is 32.7 Å². The number of rotatable bonds is 8. The van der Waals surface area contributed by atoms with Crippen molar-refractivity contribution in [1.82, 2.24) is 39.7 Å². The maximum atomic E-state index is 13.1. The third-order valence-corrected chi connectivity index (χ3v) is 7.93. The van der Waals surface area contributed by atoms with Crippen molar-refractivity contribution in [2.45, 2.75) is 50.6 Å². The summed E-state index contributed by atoms with van der Waals surface area (Å²) in [7, 11) is 1.62. The van der Waals surface area contributed by atoms with Gasteiger partial charge in [-0.3, -0.25) is 9.59 Å². The number of anilines is 1. The summed E-state index contributed by atoms with van der Waals surface area (Å²) in [4.78, 5) is 40.2. The number of piperidine rings is 1. The number of fused-ring (bicyclic) bond motifs is 3. The minimum Gasteiger partial charge on any atom is -0.383 e. The van der Waals surface area contributed by atoms with Gasteiger partial charge in [-0.2, -0.15) is 9.61 Å². The van der Waals surface area contributed by atoms with Crippen LogP contribution in [-0.4, -0.2) is 90.4 Å². The summed E-state index contributed by atoms with van der Waals surface area (Å²) in [6.45, 7) is 2.79. The number of hydrogen-bond acceptors (Lipinski definition) is 10. The number of aromatic amines is 1. The first-order chi connectivity index (χ1) is 20.5. The molecule has 0 aliphatic carbocycles. The van der Waals surface area contributed by atoms with E-state index in [0.29, 0.717) is 55.3 Å². The van der Waals surface area contributed by atoms with E-state index in [1.165, 1.54) is 17.8 Å². The fourth-order valence-electron chi connectivity index (χ4n) is 6.08. The highest BCUT2D eigenvalue weighted by molar-refractivity contribution is 6.00. The van der Waals surface area contributed by atoms with Crippen molar-refractivity contribution in [3.63, 3.8) is 0 Å². The minimum atomic E-state index is -0.169. The number of carbonyl (C=O) groups excluding carboxylic acids is 2. The lowest BCUT2D eigenvalue weighted by molar-refractivity contribution is 0.0556. The van der Waals surface area contributed by atoms with E-state index in [0.717, 1.165) is 24.0 Å². The molecule has 13 heteroatoms. The molecule has 3 N–H and O–H groups in total. The van der Waals surface area contributed by atoms with Crippen LogP contribution in [0.2, 0.25) is 0 Å². The highest BCUT2D eigenvalue weighted by atomic mass is 16.5. The zero-order valence-corrected chi connectivity index (χ0v) is 23.4. The summed E-state index contributed by atoms with van der Waals surface area (Å²) < 4.78 is 11.8. The Morgan fingerprint density at radius 2 is 1.98 bits per heavy atom. The van der Waals surface area contributed by atoms with Crippen molar-refractivity contribution in [3.05, 3.63) is 53.6 Å². The standard InChI is InChI=1S/C29H31N9O4/c1-17(39)24-25(19-12-21-7-8-22(13-19)37(21)29(40)27-32-16-33-36-27)35-28-23(15-34-38(28)26(24)30)18-5-6-20(31-14-18)4-3-9-42-11-10-41-2/h5-6,14-16,19,21-22H,7-13,30H2,1-2H3,(H,32,33,36)/t19-,21+,22-. The number of methoxy groups -OCH3 is 1. The largest absolute Gasteiger partial charge is 0.383 e. The average molecular weight is 570 g/mol. The molecule has 0 saturated carbocycles. The SMILES string of the molecule is COCCOCC#Cc1ccc(-c2cnn3c(N)c(C(C)=O)c([C@H]4C[C@H]5CC[C@@H](C4)N5C(=O)c4nnc[nH]4)nc23)cn1. The normalized spacial score (nSPS) is 19.6. The van der Waals surface area contributed by atoms with Gasteiger partial charge in [-0.05, 0) is 50.7 Å². The van der Waals surface area contributed by atoms with Crippen LogP contribution in [0.5, 0.6) is 0 Å². The van der Waals surface area contributed by atoms with Crippen molar-refractivity contribution < 1.29 is 19.1 Å². The monoisotopic (exact) mass is 569 g/mol. The number of nitrogens with two attached hydrogens (primary N) is 1. The molecule has 2 saturated heterocycles. The summed E-state index contributed by atoms with van der Waals surface area (Å²) >= 11 is 0. The van der Waals surface area contributed by atoms with Crippen LogP contribution in [0.25, 0.3) is 16.8 Å². The lowest BCUT2D eigenvalue weighted by Crippen LogP contribution is -2.46. The number of nitrogens with zero attached hydrogens (tertiary/aromatic N) is 7. The van der Waals surface area contributed by atoms with E-state index in [9.17, 15) is 9.59 Å². The number of nitrogen functional groups attached to an aromatic ring is 1. The van der Waals surface area contributed by atoms with E-state index in [1.54, 1.807) is 19.5 Å². The molecule has 42 heavy (non-hydrogen) atoms. The van der Waals surface area contributed by atoms with Gasteiger partial charge < -0.3 is 25.1 Å². The van der Waals surface area contributed by atoms with Crippen LogP contribution < -0.4 is 5.73 Å². The second-order valence-corrected chi connectivity index (χ2v) is 10.5. The second-order valence-electron chi connectivity index (χ2n) is 10.5. The number of H-pyrrole nitrogens is 1. The van der Waals surface area contributed by atoms with Gasteiger partial charge in [-0.25, -0.2) is 9.97 Å². The Labute approximate surface area is 241 Å². The molecule has 0 radical (unpaired) electrons. The smallest absolute Gasteiger partial charge is 0.292 e. The lowest BCUT2D eigenvalue weighted by Gasteiger charge is -2.38. The lowest BCUT2D eigenvalue weighted by atomic mass is 9.85. The van der Waals surface area contributed by atoms with Gasteiger partial charge in [0.05, 0.1) is 30.7 Å². The van der Waals surface area contributed by atoms with Crippen LogP contribution >= 0.6 is 0 Å². The van der Waals surface area contributed by atoms with Crippen molar-refractivity contribution >= 4 is 23.2 Å². The van der Waals surface area contributed by atoms with E-state index < -0.39 is 0 Å². The Morgan fingerprint density at radius 1 is 1.17 bits per heavy atom. The van der Waals surface area contributed by atoms with Crippen LogP contribution in [0.1, 0.15) is 70.9 Å². The summed E-state index contributed by atoms with van der Waals surface area (Å²) in [6.07, 6.45) is 7.92. The second kappa shape index (κ2) is 11.7. The fourth-order valence-corrected chi connectivity index (χ4v) is 6.08. The molecule has 0 spiro atoms. The Balaban J connectivity index is 1.29. The van der Waals surface area contributed by atoms with E-state index in [2.05, 4.69) is 37.1 Å². The van der Waals surface area contributed by atoms with Crippen LogP contribution in [0.4, 0.5) is 5.82 Å². The number of amides is 1. The predicted octanol–water partition coefficient (Wildman–Crippen LogP) is 2.26. The van der Waals surface area contributed by atoms with Crippen molar-refractivity contribution in [1.29, 1.82) is 0 Å². The fraction of sp³-hybridized carbons (Fsp3) is 0.414. The number of Topliss-reactive ketones (excluding diaryl/α,β-unsaturated/α-hetero) is 1. The quantitative estimate of drug-likeness (QED) is 0.182. The third-order valence-electron chi connectivity index (χ3n) is 7.93. The number of carbonyl (C=O) groups is 2. The van der Waals surface area contributed by atoms with Gasteiger partial charge in [0.15, 0.2) is 11.4 Å². The van der Waals surface area contributed by atoms with Gasteiger partial charge >= 0.3 is 0 Å². The molecule has 0 aromatic carbocycles. The molecule has 4 aromatic heterocycles. The topological polar surface area (TPSA) is 167 Å². The van der Waals surface area contributed by atoms with Crippen LogP contribution in [0.3, 0.4) is 0 Å². The zero-order chi connectivity index (χ0) is 29.2. The first kappa shape index (κ1) is 27.5. The highest BCUT2D eigenvalue weighted by Crippen LogP contribution is 2.45. The average Bonchev–Trinajstić information content (AvgIpc) is 3.73. The minimum absolute atomic E-state index is 0.0121. The Morgan fingerprint density at radius 3 is 2.64 bits per heavy atom. The zero-order valence-electron chi connectivity index (χ0n) is 23.4. The molecular formula is C29H31N9O4. The molecule has 216 valence electrons. The molecule has 0 unspecified atom stereocenters. The summed E-state index contributed by atoms with van der Waals surface area (Å²) in [5.41, 5.74) is 10.3. The number of ether oxygens (including phenoxy) is 2. The van der Waals surface area contributed by atoms with E-state index in [4.69, 9.17) is 20.2 Å². The number of nitrogens with one attached hydrogen (secondary N) is 1. The molecule has 13 nitrogen and oxygen atoms in total. The maximum absolute atomic E-state index is 13.1. The number of ketones is 1. The number of pyridine rings is 1. The summed E-state index contributed by atoms with van der Waals surface area (Å²) in [6, 6.07) is 3.76. The van der Waals surface area contributed by atoms with Gasteiger partial charge in [0.1, 0.15) is 24.4 Å². The van der Waals surface area contributed by atoms with E-state index >= 15 is 0 Å². The van der Waals surface area contributed by atoms with Gasteiger partial charge in [0, 0.05) is 42.4 Å². The van der Waals surface area contributed by atoms with E-state index in [1.807, 2.05) is 17.0 Å². The first-order valence-corrected chi connectivity index (χ1v) is 13.8. The van der Waals surface area contributed by atoms with Crippen molar-refractivity contribution in [2.24, 2.45) is 0 Å². The Bertz CT molecular complexity index is 1660. The number of hydrogen-bond donors (Lipinski definition) is 2. The molecule has 4 aromatic rings. The molecule has 6 heterocycles. The molecule has 6 rings (SSSR count). The molecule has 3 atom stereocenters. The maximum Gasteiger partial charge on any atom is 0.292 e. The van der Waals surface area contributed by atoms with Gasteiger partial charge in [0.2, 0.25) is 5.82 Å². The first-order valence-electron chi connectivity index (χ1n) is 13.8. The molecule has 2 bridgehead atoms. The Hall–Kier alpha value is -4.67. The van der Waals surface area contributed by atoms with Gasteiger partial charge in [-0.1, -0.05) is 5.92 Å². The summed E-state index contributed by atoms with van der Waals surface area (Å²) in [5, 5.41) is 12.1. The van der Waals surface area contributed by atoms with Crippen LogP contribution in [-0.2, 0) is 9.47 Å². The summed E-state index contributed by atoms with van der Waals surface area (Å²) in [5.74, 6) is 6.06. The molecule has 2 fully saturated rings. The molecule has 1 amide bonds.